The van der Waals surface area contributed by atoms with E-state index in [0.29, 0.717) is 5.69 Å². The van der Waals surface area contributed by atoms with Crippen LogP contribution < -0.4 is 5.32 Å². The van der Waals surface area contributed by atoms with E-state index in [-0.39, 0.29) is 18.1 Å². The van der Waals surface area contributed by atoms with Crippen molar-refractivity contribution < 1.29 is 14.3 Å². The number of hydrogen-bond acceptors (Lipinski definition) is 3. The zero-order valence-corrected chi connectivity index (χ0v) is 12.0. The van der Waals surface area contributed by atoms with Gasteiger partial charge in [-0.05, 0) is 43.7 Å². The third-order valence-corrected chi connectivity index (χ3v) is 4.75. The molecule has 1 fully saturated rings. The Morgan fingerprint density at radius 2 is 2.40 bits per heavy atom. The first kappa shape index (κ1) is 14.9. The van der Waals surface area contributed by atoms with Crippen molar-refractivity contribution in [2.45, 2.75) is 24.5 Å². The highest BCUT2D eigenvalue weighted by atomic mass is 32.2. The van der Waals surface area contributed by atoms with Gasteiger partial charge in [0.25, 0.3) is 0 Å². The third kappa shape index (κ3) is 3.33. The number of aliphatic hydroxyl groups is 1. The zero-order chi connectivity index (χ0) is 14.6. The highest BCUT2D eigenvalue weighted by molar-refractivity contribution is 8.01. The molecule has 1 amide bonds. The van der Waals surface area contributed by atoms with Crippen LogP contribution in [0.3, 0.4) is 0 Å². The van der Waals surface area contributed by atoms with Crippen molar-refractivity contribution in [1.82, 2.24) is 0 Å². The van der Waals surface area contributed by atoms with Crippen LogP contribution >= 0.6 is 11.8 Å². The minimum absolute atomic E-state index is 0.0893. The molecule has 1 aliphatic rings. The van der Waals surface area contributed by atoms with E-state index in [1.165, 1.54) is 12.1 Å². The predicted molar refractivity (Wildman–Crippen MR) is 79.1 cm³/mol. The molecule has 2 rings (SSSR count). The molecular weight excluding hydrogens is 277 g/mol. The Hall–Kier alpha value is -1.51. The number of nitrogens with one attached hydrogen (secondary N) is 1. The minimum Gasteiger partial charge on any atom is -0.384 e. The molecule has 3 nitrogen and oxygen atoms in total. The maximum Gasteiger partial charge on any atom is 0.240 e. The van der Waals surface area contributed by atoms with Gasteiger partial charge in [0.15, 0.2) is 0 Å². The second-order valence-corrected chi connectivity index (χ2v) is 6.39. The van der Waals surface area contributed by atoms with Crippen molar-refractivity contribution in [2.75, 3.05) is 17.7 Å². The third-order valence-electron chi connectivity index (χ3n) is 3.23. The number of amides is 1. The Bertz CT molecular complexity index is 571. The van der Waals surface area contributed by atoms with Crippen LogP contribution in [0.5, 0.6) is 0 Å². The van der Waals surface area contributed by atoms with E-state index < -0.39 is 10.6 Å². The molecule has 0 aliphatic carbocycles. The molecule has 0 radical (unpaired) electrons. The van der Waals surface area contributed by atoms with E-state index in [1.807, 2.05) is 6.92 Å². The first-order valence-electron chi connectivity index (χ1n) is 6.40. The van der Waals surface area contributed by atoms with E-state index in [0.717, 1.165) is 18.6 Å². The second kappa shape index (κ2) is 6.29. The lowest BCUT2D eigenvalue weighted by Gasteiger charge is -2.21. The Morgan fingerprint density at radius 1 is 1.60 bits per heavy atom. The molecule has 0 spiro atoms. The SMILES string of the molecule is CC1(C(=O)Nc2ccc(C#CCO)c(F)c2)CCCS1. The number of carbonyl (C=O) groups is 1. The smallest absolute Gasteiger partial charge is 0.240 e. The van der Waals surface area contributed by atoms with Crippen LogP contribution in [-0.4, -0.2) is 28.1 Å². The van der Waals surface area contributed by atoms with Gasteiger partial charge in [0.05, 0.1) is 10.3 Å². The summed E-state index contributed by atoms with van der Waals surface area (Å²) in [7, 11) is 0. The fourth-order valence-corrected chi connectivity index (χ4v) is 3.26. The molecular formula is C15H16FNO2S. The molecule has 2 N–H and O–H groups in total. The monoisotopic (exact) mass is 293 g/mol. The van der Waals surface area contributed by atoms with Crippen molar-refractivity contribution >= 4 is 23.4 Å². The van der Waals surface area contributed by atoms with Gasteiger partial charge in [-0.25, -0.2) is 4.39 Å². The van der Waals surface area contributed by atoms with Crippen LogP contribution in [0.4, 0.5) is 10.1 Å². The standard InChI is InChI=1S/C15H16FNO2S/c1-15(7-3-9-20-15)14(19)17-12-6-5-11(4-2-8-18)13(16)10-12/h5-6,10,18H,3,7-9H2,1H3,(H,17,19). The van der Waals surface area contributed by atoms with Gasteiger partial charge in [-0.1, -0.05) is 11.8 Å². The highest BCUT2D eigenvalue weighted by Gasteiger charge is 2.37. The second-order valence-electron chi connectivity index (χ2n) is 4.79. The molecule has 1 aromatic carbocycles. The number of aliphatic hydroxyl groups excluding tert-OH is 1. The normalized spacial score (nSPS) is 21.1. The fourth-order valence-electron chi connectivity index (χ4n) is 2.05. The zero-order valence-electron chi connectivity index (χ0n) is 11.2. The van der Waals surface area contributed by atoms with E-state index >= 15 is 0 Å². The molecule has 0 aromatic heterocycles. The quantitative estimate of drug-likeness (QED) is 0.823. The Balaban J connectivity index is 2.10. The first-order chi connectivity index (χ1) is 9.55. The van der Waals surface area contributed by atoms with Crippen molar-refractivity contribution in [2.24, 2.45) is 0 Å². The van der Waals surface area contributed by atoms with Gasteiger partial charge in [0, 0.05) is 5.69 Å². The lowest BCUT2D eigenvalue weighted by molar-refractivity contribution is -0.118. The lowest BCUT2D eigenvalue weighted by Crippen LogP contribution is -2.34. The summed E-state index contributed by atoms with van der Waals surface area (Å²) in [6.07, 6.45) is 1.87. The molecule has 1 unspecified atom stereocenters. The van der Waals surface area contributed by atoms with Crippen molar-refractivity contribution in [1.29, 1.82) is 0 Å². The predicted octanol–water partition coefficient (Wildman–Crippen LogP) is 2.39. The van der Waals surface area contributed by atoms with Crippen LogP contribution in [0.1, 0.15) is 25.3 Å². The van der Waals surface area contributed by atoms with Gasteiger partial charge in [-0.2, -0.15) is 0 Å². The van der Waals surface area contributed by atoms with Crippen molar-refractivity contribution in [3.05, 3.63) is 29.6 Å². The number of rotatable bonds is 2. The fraction of sp³-hybridized carbons (Fsp3) is 0.400. The summed E-state index contributed by atoms with van der Waals surface area (Å²) in [6, 6.07) is 4.37. The van der Waals surface area contributed by atoms with Gasteiger partial charge in [-0.15, -0.1) is 11.8 Å². The van der Waals surface area contributed by atoms with Crippen LogP contribution in [0.15, 0.2) is 18.2 Å². The molecule has 1 aliphatic heterocycles. The number of thioether (sulfide) groups is 1. The van der Waals surface area contributed by atoms with Crippen LogP contribution in [0.25, 0.3) is 0 Å². The van der Waals surface area contributed by atoms with Crippen molar-refractivity contribution in [3.63, 3.8) is 0 Å². The van der Waals surface area contributed by atoms with Crippen molar-refractivity contribution in [3.8, 4) is 11.8 Å². The summed E-state index contributed by atoms with van der Waals surface area (Å²) < 4.78 is 13.3. The van der Waals surface area contributed by atoms with E-state index in [9.17, 15) is 9.18 Å². The first-order valence-corrected chi connectivity index (χ1v) is 7.38. The van der Waals surface area contributed by atoms with Gasteiger partial charge >= 0.3 is 0 Å². The molecule has 20 heavy (non-hydrogen) atoms. The molecule has 0 saturated carbocycles. The van der Waals surface area contributed by atoms with E-state index in [2.05, 4.69) is 17.2 Å². The molecule has 1 saturated heterocycles. The molecule has 106 valence electrons. The average molecular weight is 293 g/mol. The maximum atomic E-state index is 13.8. The molecule has 1 atom stereocenters. The topological polar surface area (TPSA) is 49.3 Å². The molecule has 5 heteroatoms. The number of hydrogen-bond donors (Lipinski definition) is 2. The van der Waals surface area contributed by atoms with Gasteiger partial charge in [0.2, 0.25) is 5.91 Å². The summed E-state index contributed by atoms with van der Waals surface area (Å²) >= 11 is 1.63. The largest absolute Gasteiger partial charge is 0.384 e. The Morgan fingerprint density at radius 3 is 3.00 bits per heavy atom. The van der Waals surface area contributed by atoms with Gasteiger partial charge < -0.3 is 10.4 Å². The Labute approximate surface area is 122 Å². The average Bonchev–Trinajstić information content (AvgIpc) is 2.86. The molecule has 1 aromatic rings. The summed E-state index contributed by atoms with van der Waals surface area (Å²) in [4.78, 5) is 12.2. The summed E-state index contributed by atoms with van der Waals surface area (Å²) in [6.45, 7) is 1.60. The number of benzene rings is 1. The van der Waals surface area contributed by atoms with E-state index in [4.69, 9.17) is 5.11 Å². The number of halogens is 1. The highest BCUT2D eigenvalue weighted by Crippen LogP contribution is 2.38. The maximum absolute atomic E-state index is 13.8. The molecule has 1 heterocycles. The van der Waals surface area contributed by atoms with Gasteiger partial charge in [-0.3, -0.25) is 4.79 Å². The van der Waals surface area contributed by atoms with Crippen LogP contribution in [0.2, 0.25) is 0 Å². The lowest BCUT2D eigenvalue weighted by atomic mass is 10.0. The van der Waals surface area contributed by atoms with Crippen LogP contribution in [0, 0.1) is 17.7 Å². The van der Waals surface area contributed by atoms with Crippen LogP contribution in [-0.2, 0) is 4.79 Å². The summed E-state index contributed by atoms with van der Waals surface area (Å²) in [5.74, 6) is 5.29. The summed E-state index contributed by atoms with van der Waals surface area (Å²) in [5.41, 5.74) is 0.634. The number of anilines is 1. The van der Waals surface area contributed by atoms with E-state index in [1.54, 1.807) is 17.8 Å². The van der Waals surface area contributed by atoms with Gasteiger partial charge in [0.1, 0.15) is 12.4 Å². The Kier molecular flexibility index (Phi) is 4.69. The molecule has 0 bridgehead atoms. The number of carbonyl (C=O) groups excluding carboxylic acids is 1. The summed E-state index contributed by atoms with van der Waals surface area (Å²) in [5, 5.41) is 11.3. The minimum atomic E-state index is -0.507.